The number of hydrogen-bond donors (Lipinski definition) is 2. The van der Waals surface area contributed by atoms with Gasteiger partial charge in [-0.15, -0.1) is 5.10 Å². The highest BCUT2D eigenvalue weighted by molar-refractivity contribution is 5.56. The molecule has 0 bridgehead atoms. The molecular weight excluding hydrogens is 328 g/mol. The van der Waals surface area contributed by atoms with Gasteiger partial charge in [-0.05, 0) is 24.1 Å². The lowest BCUT2D eigenvalue weighted by atomic mass is 9.79. The first-order valence-corrected chi connectivity index (χ1v) is 8.76. The van der Waals surface area contributed by atoms with Gasteiger partial charge in [0.2, 0.25) is 11.8 Å². The number of H-pyrrole nitrogens is 1. The summed E-state index contributed by atoms with van der Waals surface area (Å²) in [5, 5.41) is 17.0. The molecule has 1 aliphatic heterocycles. The maximum atomic E-state index is 9.70. The van der Waals surface area contributed by atoms with Crippen molar-refractivity contribution in [1.82, 2.24) is 10.2 Å². The zero-order valence-corrected chi connectivity index (χ0v) is 15.6. The minimum Gasteiger partial charge on any atom is -0.494 e. The summed E-state index contributed by atoms with van der Waals surface area (Å²) in [4.78, 5) is 0. The van der Waals surface area contributed by atoms with Gasteiger partial charge in [0.1, 0.15) is 17.4 Å². The molecule has 26 heavy (non-hydrogen) atoms. The van der Waals surface area contributed by atoms with Crippen molar-refractivity contribution in [3.8, 4) is 17.7 Å². The van der Waals surface area contributed by atoms with E-state index in [4.69, 9.17) is 15.2 Å². The van der Waals surface area contributed by atoms with Crippen molar-refractivity contribution in [1.29, 1.82) is 5.26 Å². The van der Waals surface area contributed by atoms with Crippen LogP contribution in [0.25, 0.3) is 0 Å². The Balaban J connectivity index is 2.10. The summed E-state index contributed by atoms with van der Waals surface area (Å²) in [5.74, 6) is 1.02. The van der Waals surface area contributed by atoms with Gasteiger partial charge in [-0.2, -0.15) is 5.26 Å². The van der Waals surface area contributed by atoms with Crippen molar-refractivity contribution in [3.63, 3.8) is 0 Å². The van der Waals surface area contributed by atoms with Gasteiger partial charge in [-0.1, -0.05) is 39.8 Å². The molecule has 2 aromatic rings. The summed E-state index contributed by atoms with van der Waals surface area (Å²) >= 11 is 0. The minimum absolute atomic E-state index is 0.100. The molecule has 3 rings (SSSR count). The molecule has 0 saturated carbocycles. The average molecular weight is 352 g/mol. The highest BCUT2D eigenvalue weighted by Gasteiger charge is 2.37. The molecule has 1 unspecified atom stereocenters. The second kappa shape index (κ2) is 6.75. The summed E-state index contributed by atoms with van der Waals surface area (Å²) in [6.45, 7) is 9.01. The molecule has 6 nitrogen and oxygen atoms in total. The number of nitrogens with two attached hydrogens (primary N) is 1. The maximum Gasteiger partial charge on any atom is 0.244 e. The molecule has 1 aliphatic rings. The van der Waals surface area contributed by atoms with Gasteiger partial charge < -0.3 is 15.2 Å². The highest BCUT2D eigenvalue weighted by Crippen LogP contribution is 2.45. The third-order valence-corrected chi connectivity index (χ3v) is 4.38. The molecule has 0 amide bonds. The fourth-order valence-corrected chi connectivity index (χ4v) is 3.13. The zero-order valence-electron chi connectivity index (χ0n) is 15.6. The number of allylic oxidation sites excluding steroid dienone is 1. The summed E-state index contributed by atoms with van der Waals surface area (Å²) < 4.78 is 11.3. The fourth-order valence-electron chi connectivity index (χ4n) is 3.13. The van der Waals surface area contributed by atoms with Crippen LogP contribution < -0.4 is 15.2 Å². The van der Waals surface area contributed by atoms with Crippen LogP contribution >= 0.6 is 0 Å². The van der Waals surface area contributed by atoms with E-state index in [1.807, 2.05) is 24.3 Å². The molecule has 0 spiro atoms. The molecule has 2 heterocycles. The van der Waals surface area contributed by atoms with Crippen LogP contribution in [0.15, 0.2) is 35.7 Å². The van der Waals surface area contributed by atoms with Crippen molar-refractivity contribution in [2.45, 2.75) is 45.4 Å². The van der Waals surface area contributed by atoms with Gasteiger partial charge in [-0.25, -0.2) is 0 Å². The molecule has 136 valence electrons. The monoisotopic (exact) mass is 352 g/mol. The molecular formula is C20H24N4O2. The summed E-state index contributed by atoms with van der Waals surface area (Å²) in [7, 11) is 0. The second-order valence-electron chi connectivity index (χ2n) is 7.41. The number of hydrogen-bond acceptors (Lipinski definition) is 5. The van der Waals surface area contributed by atoms with E-state index in [9.17, 15) is 5.26 Å². The van der Waals surface area contributed by atoms with Gasteiger partial charge >= 0.3 is 0 Å². The lowest BCUT2D eigenvalue weighted by molar-refractivity contribution is 0.317. The van der Waals surface area contributed by atoms with E-state index in [0.29, 0.717) is 18.1 Å². The van der Waals surface area contributed by atoms with Crippen LogP contribution in [0.2, 0.25) is 0 Å². The number of nitrogens with one attached hydrogen (secondary N) is 1. The summed E-state index contributed by atoms with van der Waals surface area (Å²) in [6, 6.07) is 9.99. The Hall–Kier alpha value is -2.94. The van der Waals surface area contributed by atoms with Crippen LogP contribution in [0.3, 0.4) is 0 Å². The number of fused-ring (bicyclic) bond motifs is 1. The van der Waals surface area contributed by atoms with Crippen molar-refractivity contribution >= 4 is 0 Å². The first-order valence-electron chi connectivity index (χ1n) is 8.76. The van der Waals surface area contributed by atoms with E-state index in [0.717, 1.165) is 29.0 Å². The molecule has 0 saturated heterocycles. The molecule has 3 N–H and O–H groups in total. The highest BCUT2D eigenvalue weighted by atomic mass is 16.5. The van der Waals surface area contributed by atoms with Gasteiger partial charge in [0.15, 0.2) is 0 Å². The Morgan fingerprint density at radius 1 is 1.31 bits per heavy atom. The van der Waals surface area contributed by atoms with Crippen LogP contribution in [-0.2, 0) is 5.41 Å². The largest absolute Gasteiger partial charge is 0.494 e. The van der Waals surface area contributed by atoms with Gasteiger partial charge in [0.25, 0.3) is 0 Å². The second-order valence-corrected chi connectivity index (χ2v) is 7.41. The predicted molar refractivity (Wildman–Crippen MR) is 98.8 cm³/mol. The number of ether oxygens (including phenoxy) is 2. The number of aromatic amines is 1. The number of rotatable bonds is 4. The summed E-state index contributed by atoms with van der Waals surface area (Å²) in [5.41, 5.74) is 8.97. The van der Waals surface area contributed by atoms with Crippen molar-refractivity contribution < 1.29 is 9.47 Å². The van der Waals surface area contributed by atoms with Crippen LogP contribution in [0.1, 0.15) is 56.9 Å². The molecule has 0 radical (unpaired) electrons. The molecule has 0 aliphatic carbocycles. The van der Waals surface area contributed by atoms with E-state index >= 15 is 0 Å². The van der Waals surface area contributed by atoms with E-state index in [1.54, 1.807) is 0 Å². The average Bonchev–Trinajstić information content (AvgIpc) is 3.03. The van der Waals surface area contributed by atoms with Crippen LogP contribution in [-0.4, -0.2) is 16.8 Å². The normalized spacial score (nSPS) is 16.7. The quantitative estimate of drug-likeness (QED) is 0.874. The Labute approximate surface area is 153 Å². The van der Waals surface area contributed by atoms with Crippen LogP contribution in [0.4, 0.5) is 0 Å². The number of aromatic nitrogens is 2. The first kappa shape index (κ1) is 17.9. The van der Waals surface area contributed by atoms with E-state index in [1.165, 1.54) is 0 Å². The van der Waals surface area contributed by atoms with Gasteiger partial charge in [0.05, 0.1) is 18.1 Å². The number of nitrogens with zero attached hydrogens (tertiary/aromatic N) is 2. The lowest BCUT2D eigenvalue weighted by Gasteiger charge is -2.27. The van der Waals surface area contributed by atoms with Crippen molar-refractivity contribution in [3.05, 3.63) is 52.5 Å². The topological polar surface area (TPSA) is 96.9 Å². The minimum atomic E-state index is -0.322. The maximum absolute atomic E-state index is 9.70. The van der Waals surface area contributed by atoms with Crippen molar-refractivity contribution in [2.75, 3.05) is 6.61 Å². The number of benzene rings is 1. The Morgan fingerprint density at radius 2 is 2.00 bits per heavy atom. The molecule has 6 heteroatoms. The number of nitriles is 1. The van der Waals surface area contributed by atoms with E-state index < -0.39 is 0 Å². The Kier molecular flexibility index (Phi) is 4.64. The standard InChI is InChI=1S/C20H24N4O2/c1-5-10-25-13-8-6-12(7-9-13)15-14(11-21)18(22)26-19-16(15)17(23-24-19)20(2,3)4/h6-9,15H,5,10,22H2,1-4H3,(H,23,24). The molecule has 1 atom stereocenters. The smallest absolute Gasteiger partial charge is 0.244 e. The lowest BCUT2D eigenvalue weighted by Crippen LogP contribution is -2.23. The Bertz CT molecular complexity index is 867. The molecule has 0 fully saturated rings. The molecule has 1 aromatic carbocycles. The van der Waals surface area contributed by atoms with Gasteiger partial charge in [0, 0.05) is 11.1 Å². The third kappa shape index (κ3) is 3.13. The predicted octanol–water partition coefficient (Wildman–Crippen LogP) is 3.71. The third-order valence-electron chi connectivity index (χ3n) is 4.38. The molecule has 1 aromatic heterocycles. The van der Waals surface area contributed by atoms with Gasteiger partial charge in [-0.3, -0.25) is 5.10 Å². The Morgan fingerprint density at radius 3 is 2.58 bits per heavy atom. The SMILES string of the molecule is CCCOc1ccc(C2C(C#N)=C(N)Oc3n[nH]c(C(C)(C)C)c32)cc1. The summed E-state index contributed by atoms with van der Waals surface area (Å²) in [6.07, 6.45) is 0.951. The first-order chi connectivity index (χ1) is 12.4. The van der Waals surface area contributed by atoms with Crippen LogP contribution in [0, 0.1) is 11.3 Å². The van der Waals surface area contributed by atoms with E-state index in [-0.39, 0.29) is 17.2 Å². The van der Waals surface area contributed by atoms with Crippen LogP contribution in [0.5, 0.6) is 11.6 Å². The van der Waals surface area contributed by atoms with E-state index in [2.05, 4.69) is 44.0 Å². The zero-order chi connectivity index (χ0) is 18.9. The van der Waals surface area contributed by atoms with Crippen molar-refractivity contribution in [2.24, 2.45) is 5.73 Å². The fraction of sp³-hybridized carbons (Fsp3) is 0.400.